The fourth-order valence-electron chi connectivity index (χ4n) is 2.33. The summed E-state index contributed by atoms with van der Waals surface area (Å²) in [6.45, 7) is 0. The van der Waals surface area contributed by atoms with E-state index in [2.05, 4.69) is 0 Å². The van der Waals surface area contributed by atoms with Crippen LogP contribution in [0.5, 0.6) is 5.75 Å². The summed E-state index contributed by atoms with van der Waals surface area (Å²) in [5.41, 5.74) is 1.51. The molecule has 1 N–H and O–H groups in total. The second-order valence-corrected chi connectivity index (χ2v) is 5.58. The van der Waals surface area contributed by atoms with Gasteiger partial charge in [-0.25, -0.2) is 4.79 Å². The van der Waals surface area contributed by atoms with Crippen LogP contribution in [0, 0.1) is 0 Å². The Kier molecular flexibility index (Phi) is 3.34. The summed E-state index contributed by atoms with van der Waals surface area (Å²) in [5, 5.41) is 10.2. The summed E-state index contributed by atoms with van der Waals surface area (Å²) >= 11 is 1.34. The van der Waals surface area contributed by atoms with E-state index in [0.29, 0.717) is 16.4 Å². The van der Waals surface area contributed by atoms with Crippen LogP contribution in [0.3, 0.4) is 0 Å². The Morgan fingerprint density at radius 2 is 2.00 bits per heavy atom. The molecule has 1 aliphatic carbocycles. The van der Waals surface area contributed by atoms with E-state index in [-0.39, 0.29) is 5.75 Å². The first-order valence-electron chi connectivity index (χ1n) is 6.30. The van der Waals surface area contributed by atoms with Gasteiger partial charge in [-0.1, -0.05) is 30.3 Å². The summed E-state index contributed by atoms with van der Waals surface area (Å²) < 4.78 is 5.28. The van der Waals surface area contributed by atoms with E-state index in [4.69, 9.17) is 4.42 Å². The van der Waals surface area contributed by atoms with Gasteiger partial charge in [-0.3, -0.25) is 0 Å². The van der Waals surface area contributed by atoms with Crippen molar-refractivity contribution in [2.75, 3.05) is 0 Å². The van der Waals surface area contributed by atoms with Crippen LogP contribution < -0.4 is 5.63 Å². The molecule has 98 valence electrons. The lowest BCUT2D eigenvalue weighted by Crippen LogP contribution is -2.05. The zero-order chi connectivity index (χ0) is 13.2. The van der Waals surface area contributed by atoms with Gasteiger partial charge in [-0.2, -0.15) is 0 Å². The van der Waals surface area contributed by atoms with Crippen molar-refractivity contribution in [2.45, 2.75) is 29.9 Å². The highest BCUT2D eigenvalue weighted by Gasteiger charge is 2.23. The maximum Gasteiger partial charge on any atom is 0.353 e. The van der Waals surface area contributed by atoms with Crippen molar-refractivity contribution in [3.05, 3.63) is 57.6 Å². The van der Waals surface area contributed by atoms with Crippen LogP contribution in [-0.2, 0) is 18.6 Å². The van der Waals surface area contributed by atoms with Gasteiger partial charge in [-0.05, 0) is 18.4 Å². The summed E-state index contributed by atoms with van der Waals surface area (Å²) in [6, 6.07) is 9.87. The Hall–Kier alpha value is -1.68. The first kappa shape index (κ1) is 12.4. The molecule has 0 bridgehead atoms. The van der Waals surface area contributed by atoms with Crippen molar-refractivity contribution in [1.29, 1.82) is 0 Å². The molecule has 0 spiro atoms. The minimum Gasteiger partial charge on any atom is -0.506 e. The lowest BCUT2D eigenvalue weighted by atomic mass is 10.2. The number of thioether (sulfide) groups is 1. The Morgan fingerprint density at radius 3 is 2.79 bits per heavy atom. The minimum atomic E-state index is -0.418. The van der Waals surface area contributed by atoms with Crippen LogP contribution in [0.2, 0.25) is 0 Å². The van der Waals surface area contributed by atoms with Gasteiger partial charge < -0.3 is 9.52 Å². The van der Waals surface area contributed by atoms with E-state index in [1.807, 2.05) is 30.3 Å². The van der Waals surface area contributed by atoms with Crippen molar-refractivity contribution >= 4 is 11.8 Å². The number of aryl methyl sites for hydroxylation is 1. The maximum atomic E-state index is 11.9. The number of aromatic hydroxyl groups is 1. The second kappa shape index (κ2) is 5.13. The standard InChI is InChI=1S/C15H14O3S/c16-13-11-7-4-8-12(11)18-15(17)14(13)19-9-10-5-2-1-3-6-10/h1-3,5-6,16H,4,7-9H2. The zero-order valence-electron chi connectivity index (χ0n) is 10.4. The smallest absolute Gasteiger partial charge is 0.353 e. The molecule has 0 aliphatic heterocycles. The summed E-state index contributed by atoms with van der Waals surface area (Å²) in [6.07, 6.45) is 2.49. The molecule has 0 fully saturated rings. The van der Waals surface area contributed by atoms with Crippen LogP contribution in [-0.4, -0.2) is 5.11 Å². The number of fused-ring (bicyclic) bond motifs is 1. The fraction of sp³-hybridized carbons (Fsp3) is 0.267. The second-order valence-electron chi connectivity index (χ2n) is 4.60. The minimum absolute atomic E-state index is 0.129. The third kappa shape index (κ3) is 2.40. The monoisotopic (exact) mass is 274 g/mol. The van der Waals surface area contributed by atoms with Gasteiger partial charge in [0.15, 0.2) is 0 Å². The van der Waals surface area contributed by atoms with Gasteiger partial charge in [0, 0.05) is 17.7 Å². The predicted molar refractivity (Wildman–Crippen MR) is 74.7 cm³/mol. The van der Waals surface area contributed by atoms with Gasteiger partial charge in [0.2, 0.25) is 0 Å². The summed E-state index contributed by atoms with van der Waals surface area (Å²) in [4.78, 5) is 12.2. The van der Waals surface area contributed by atoms with Crippen LogP contribution in [0.15, 0.2) is 44.4 Å². The average Bonchev–Trinajstić information content (AvgIpc) is 2.88. The Morgan fingerprint density at radius 1 is 1.21 bits per heavy atom. The third-order valence-electron chi connectivity index (χ3n) is 3.30. The molecule has 1 aliphatic rings. The molecule has 1 aromatic carbocycles. The molecule has 1 heterocycles. The van der Waals surface area contributed by atoms with Crippen molar-refractivity contribution in [3.8, 4) is 5.75 Å². The normalized spacial score (nSPS) is 13.5. The first-order valence-corrected chi connectivity index (χ1v) is 7.29. The quantitative estimate of drug-likeness (QED) is 0.874. The Bertz CT molecular complexity index is 646. The van der Waals surface area contributed by atoms with Crippen molar-refractivity contribution < 1.29 is 9.52 Å². The van der Waals surface area contributed by atoms with Crippen molar-refractivity contribution in [2.24, 2.45) is 0 Å². The molecular weight excluding hydrogens is 260 g/mol. The maximum absolute atomic E-state index is 11.9. The Balaban J connectivity index is 1.88. The molecule has 3 rings (SSSR count). The largest absolute Gasteiger partial charge is 0.506 e. The van der Waals surface area contributed by atoms with E-state index < -0.39 is 5.63 Å². The lowest BCUT2D eigenvalue weighted by molar-refractivity contribution is 0.404. The van der Waals surface area contributed by atoms with Gasteiger partial charge in [0.1, 0.15) is 16.4 Å². The molecular formula is C15H14O3S. The molecule has 4 heteroatoms. The lowest BCUT2D eigenvalue weighted by Gasteiger charge is -2.07. The van der Waals surface area contributed by atoms with Gasteiger partial charge in [0.05, 0.1) is 0 Å². The van der Waals surface area contributed by atoms with Crippen molar-refractivity contribution in [1.82, 2.24) is 0 Å². The van der Waals surface area contributed by atoms with Crippen molar-refractivity contribution in [3.63, 3.8) is 0 Å². The first-order chi connectivity index (χ1) is 9.25. The molecule has 0 radical (unpaired) electrons. The molecule has 3 nitrogen and oxygen atoms in total. The van der Waals surface area contributed by atoms with E-state index in [0.717, 1.165) is 30.4 Å². The summed E-state index contributed by atoms with van der Waals surface area (Å²) in [5.74, 6) is 1.44. The zero-order valence-corrected chi connectivity index (χ0v) is 11.2. The van der Waals surface area contributed by atoms with Crippen LogP contribution in [0.4, 0.5) is 0 Å². The highest BCUT2D eigenvalue weighted by molar-refractivity contribution is 7.98. The molecule has 0 saturated heterocycles. The van der Waals surface area contributed by atoms with E-state index in [1.165, 1.54) is 11.8 Å². The molecule has 19 heavy (non-hydrogen) atoms. The third-order valence-corrected chi connectivity index (χ3v) is 4.42. The van der Waals surface area contributed by atoms with Crippen LogP contribution in [0.25, 0.3) is 0 Å². The van der Waals surface area contributed by atoms with Gasteiger partial charge in [0.25, 0.3) is 0 Å². The average molecular weight is 274 g/mol. The Labute approximate surface area is 115 Å². The van der Waals surface area contributed by atoms with E-state index in [9.17, 15) is 9.90 Å². The molecule has 0 unspecified atom stereocenters. The molecule has 2 aromatic rings. The number of benzene rings is 1. The molecule has 0 saturated carbocycles. The highest BCUT2D eigenvalue weighted by Crippen LogP contribution is 2.36. The number of hydrogen-bond acceptors (Lipinski definition) is 4. The van der Waals surface area contributed by atoms with Gasteiger partial charge in [-0.15, -0.1) is 11.8 Å². The highest BCUT2D eigenvalue weighted by atomic mass is 32.2. The summed E-state index contributed by atoms with van der Waals surface area (Å²) in [7, 11) is 0. The van der Waals surface area contributed by atoms with E-state index >= 15 is 0 Å². The molecule has 0 atom stereocenters. The van der Waals surface area contributed by atoms with Crippen LogP contribution in [0.1, 0.15) is 23.3 Å². The van der Waals surface area contributed by atoms with E-state index in [1.54, 1.807) is 0 Å². The molecule has 1 aromatic heterocycles. The molecule has 0 amide bonds. The van der Waals surface area contributed by atoms with Crippen LogP contribution >= 0.6 is 11.8 Å². The predicted octanol–water partition coefficient (Wildman–Crippen LogP) is 3.13. The topological polar surface area (TPSA) is 50.4 Å². The van der Waals surface area contributed by atoms with Gasteiger partial charge >= 0.3 is 5.63 Å². The number of hydrogen-bond donors (Lipinski definition) is 1. The number of rotatable bonds is 3. The SMILES string of the molecule is O=c1oc2c(c(O)c1SCc1ccccc1)CCC2. The fourth-order valence-corrected chi connectivity index (χ4v) is 3.25.